The first kappa shape index (κ1) is 13.7. The van der Waals surface area contributed by atoms with Gasteiger partial charge < -0.3 is 21.4 Å². The topological polar surface area (TPSA) is 65.1 Å². The molecule has 1 aliphatic rings. The maximum Gasteiger partial charge on any atom is 0.416 e. The first-order valence-corrected chi connectivity index (χ1v) is 5.90. The Morgan fingerprint density at radius 2 is 1.89 bits per heavy atom. The lowest BCUT2D eigenvalue weighted by Gasteiger charge is -2.31. The molecule has 1 saturated heterocycles. The highest BCUT2D eigenvalue weighted by molar-refractivity contribution is 5.93. The van der Waals surface area contributed by atoms with Crippen LogP contribution in [0.4, 0.5) is 24.5 Å². The number of nitrogens with two attached hydrogens (primary N) is 1. The molecular formula is C12H15F3N4. The molecule has 1 aromatic rings. The molecule has 0 unspecified atom stereocenters. The van der Waals surface area contributed by atoms with Gasteiger partial charge in [0, 0.05) is 49.3 Å². The Morgan fingerprint density at radius 1 is 1.26 bits per heavy atom. The third kappa shape index (κ3) is 2.81. The molecule has 1 fully saturated rings. The molecular weight excluding hydrogens is 257 g/mol. The average molecular weight is 272 g/mol. The van der Waals surface area contributed by atoms with Crippen LogP contribution in [0, 0.1) is 5.41 Å². The van der Waals surface area contributed by atoms with Gasteiger partial charge in [-0.15, -0.1) is 0 Å². The Balaban J connectivity index is 2.49. The molecule has 7 heteroatoms. The summed E-state index contributed by atoms with van der Waals surface area (Å²) in [5.41, 5.74) is 5.57. The van der Waals surface area contributed by atoms with Crippen LogP contribution in [0.3, 0.4) is 0 Å². The lowest BCUT2D eigenvalue weighted by Crippen LogP contribution is -2.44. The van der Waals surface area contributed by atoms with Crippen LogP contribution in [-0.2, 0) is 6.18 Å². The standard InChI is InChI=1S/C12H15F3N4/c13-12(14,15)8-5-10(17)9(7-16)11(6-8)19-3-1-18-2-4-19/h5-7,16,18H,1-4,17H2. The van der Waals surface area contributed by atoms with Crippen LogP contribution in [-0.4, -0.2) is 32.4 Å². The fourth-order valence-electron chi connectivity index (χ4n) is 2.15. The van der Waals surface area contributed by atoms with E-state index in [4.69, 9.17) is 11.1 Å². The molecule has 0 bridgehead atoms. The smallest absolute Gasteiger partial charge is 0.398 e. The van der Waals surface area contributed by atoms with Gasteiger partial charge in [0.15, 0.2) is 0 Å². The van der Waals surface area contributed by atoms with E-state index in [9.17, 15) is 13.2 Å². The first-order valence-electron chi connectivity index (χ1n) is 5.90. The van der Waals surface area contributed by atoms with Gasteiger partial charge in [-0.1, -0.05) is 0 Å². The lowest BCUT2D eigenvalue weighted by atomic mass is 10.0. The number of nitrogens with zero attached hydrogens (tertiary/aromatic N) is 1. The predicted octanol–water partition coefficient (Wildman–Crippen LogP) is 1.69. The molecule has 104 valence electrons. The van der Waals surface area contributed by atoms with Gasteiger partial charge in [-0.2, -0.15) is 13.2 Å². The summed E-state index contributed by atoms with van der Waals surface area (Å²) >= 11 is 0. The quantitative estimate of drug-likeness (QED) is 0.567. The van der Waals surface area contributed by atoms with Crippen molar-refractivity contribution in [2.75, 3.05) is 36.8 Å². The van der Waals surface area contributed by atoms with Crippen molar-refractivity contribution in [2.24, 2.45) is 0 Å². The second kappa shape index (κ2) is 5.08. The highest BCUT2D eigenvalue weighted by Gasteiger charge is 2.32. The van der Waals surface area contributed by atoms with Gasteiger partial charge in [-0.3, -0.25) is 0 Å². The van der Waals surface area contributed by atoms with Crippen molar-refractivity contribution in [3.63, 3.8) is 0 Å². The molecule has 1 heterocycles. The summed E-state index contributed by atoms with van der Waals surface area (Å²) in [6, 6.07) is 1.95. The number of nitrogens with one attached hydrogen (secondary N) is 2. The molecule has 0 atom stereocenters. The Morgan fingerprint density at radius 3 is 2.42 bits per heavy atom. The molecule has 4 nitrogen and oxygen atoms in total. The van der Waals surface area contributed by atoms with Crippen LogP contribution < -0.4 is 16.0 Å². The third-order valence-corrected chi connectivity index (χ3v) is 3.12. The van der Waals surface area contributed by atoms with Crippen molar-refractivity contribution in [1.82, 2.24) is 5.32 Å². The fourth-order valence-corrected chi connectivity index (χ4v) is 2.15. The number of anilines is 2. The van der Waals surface area contributed by atoms with E-state index in [0.717, 1.165) is 18.3 Å². The predicted molar refractivity (Wildman–Crippen MR) is 68.8 cm³/mol. The van der Waals surface area contributed by atoms with Crippen molar-refractivity contribution in [2.45, 2.75) is 6.18 Å². The van der Waals surface area contributed by atoms with Crippen LogP contribution in [0.25, 0.3) is 0 Å². The molecule has 4 N–H and O–H groups in total. The number of benzene rings is 1. The van der Waals surface area contributed by atoms with E-state index in [0.29, 0.717) is 37.4 Å². The van der Waals surface area contributed by atoms with E-state index >= 15 is 0 Å². The Hall–Kier alpha value is -1.76. The van der Waals surface area contributed by atoms with Crippen molar-refractivity contribution in [1.29, 1.82) is 5.41 Å². The zero-order chi connectivity index (χ0) is 14.0. The van der Waals surface area contributed by atoms with Crippen molar-refractivity contribution < 1.29 is 13.2 Å². The third-order valence-electron chi connectivity index (χ3n) is 3.12. The summed E-state index contributed by atoms with van der Waals surface area (Å²) in [4.78, 5) is 1.82. The number of piperazine rings is 1. The summed E-state index contributed by atoms with van der Waals surface area (Å²) in [5, 5.41) is 10.5. The van der Waals surface area contributed by atoms with Gasteiger partial charge in [0.25, 0.3) is 0 Å². The number of hydrogen-bond donors (Lipinski definition) is 3. The highest BCUT2D eigenvalue weighted by Crippen LogP contribution is 2.36. The summed E-state index contributed by atoms with van der Waals surface area (Å²) < 4.78 is 38.4. The molecule has 0 saturated carbocycles. The molecule has 0 aliphatic carbocycles. The molecule has 0 spiro atoms. The molecule has 1 aliphatic heterocycles. The van der Waals surface area contributed by atoms with Gasteiger partial charge in [0.2, 0.25) is 0 Å². The van der Waals surface area contributed by atoms with E-state index in [1.807, 2.05) is 4.90 Å². The van der Waals surface area contributed by atoms with Gasteiger partial charge in [-0.05, 0) is 12.1 Å². The Kier molecular flexibility index (Phi) is 3.66. The fraction of sp³-hybridized carbons (Fsp3) is 0.417. The first-order chi connectivity index (χ1) is 8.93. The lowest BCUT2D eigenvalue weighted by molar-refractivity contribution is -0.137. The second-order valence-corrected chi connectivity index (χ2v) is 4.38. The number of rotatable bonds is 2. The highest BCUT2D eigenvalue weighted by atomic mass is 19.4. The van der Waals surface area contributed by atoms with Gasteiger partial charge in [0.05, 0.1) is 5.56 Å². The molecule has 1 aromatic carbocycles. The second-order valence-electron chi connectivity index (χ2n) is 4.38. The SMILES string of the molecule is N=Cc1c(N)cc(C(F)(F)F)cc1N1CCNCC1. The average Bonchev–Trinajstić information content (AvgIpc) is 2.37. The van der Waals surface area contributed by atoms with Crippen molar-refractivity contribution in [3.8, 4) is 0 Å². The minimum atomic E-state index is -4.43. The van der Waals surface area contributed by atoms with E-state index < -0.39 is 11.7 Å². The van der Waals surface area contributed by atoms with E-state index in [1.165, 1.54) is 0 Å². The normalized spacial score (nSPS) is 16.5. The minimum absolute atomic E-state index is 0.0154. The summed E-state index contributed by atoms with van der Waals surface area (Å²) in [6.45, 7) is 2.60. The van der Waals surface area contributed by atoms with Gasteiger partial charge >= 0.3 is 6.18 Å². The number of alkyl halides is 3. The van der Waals surface area contributed by atoms with Crippen LogP contribution in [0.1, 0.15) is 11.1 Å². The van der Waals surface area contributed by atoms with Crippen molar-refractivity contribution in [3.05, 3.63) is 23.3 Å². The molecule has 0 aromatic heterocycles. The Bertz CT molecular complexity index is 479. The maximum absolute atomic E-state index is 12.8. The monoisotopic (exact) mass is 272 g/mol. The largest absolute Gasteiger partial charge is 0.416 e. The van der Waals surface area contributed by atoms with Crippen LogP contribution in [0.15, 0.2) is 12.1 Å². The minimum Gasteiger partial charge on any atom is -0.398 e. The van der Waals surface area contributed by atoms with Crippen LogP contribution in [0.5, 0.6) is 0 Å². The van der Waals surface area contributed by atoms with E-state index in [2.05, 4.69) is 5.32 Å². The summed E-state index contributed by atoms with van der Waals surface area (Å²) in [6.07, 6.45) is -3.43. The summed E-state index contributed by atoms with van der Waals surface area (Å²) in [5.74, 6) is 0. The van der Waals surface area contributed by atoms with Crippen molar-refractivity contribution >= 4 is 17.6 Å². The van der Waals surface area contributed by atoms with Gasteiger partial charge in [0.1, 0.15) is 0 Å². The number of hydrogen-bond acceptors (Lipinski definition) is 4. The van der Waals surface area contributed by atoms with E-state index in [1.54, 1.807) is 0 Å². The van der Waals surface area contributed by atoms with Crippen LogP contribution >= 0.6 is 0 Å². The molecule has 0 radical (unpaired) electrons. The molecule has 19 heavy (non-hydrogen) atoms. The zero-order valence-corrected chi connectivity index (χ0v) is 10.2. The Labute approximate surface area is 108 Å². The number of nitrogen functional groups attached to an aromatic ring is 1. The van der Waals surface area contributed by atoms with Gasteiger partial charge in [-0.25, -0.2) is 0 Å². The maximum atomic E-state index is 12.8. The number of halogens is 3. The summed E-state index contributed by atoms with van der Waals surface area (Å²) in [7, 11) is 0. The molecule has 2 rings (SSSR count). The van der Waals surface area contributed by atoms with E-state index in [-0.39, 0.29) is 5.69 Å². The van der Waals surface area contributed by atoms with Crippen LogP contribution in [0.2, 0.25) is 0 Å². The molecule has 0 amide bonds. The zero-order valence-electron chi connectivity index (χ0n) is 10.2.